The molecule has 4 heteroatoms. The summed E-state index contributed by atoms with van der Waals surface area (Å²) in [5.41, 5.74) is 2.15. The van der Waals surface area contributed by atoms with Crippen molar-refractivity contribution >= 4 is 11.6 Å². The number of anilines is 1. The quantitative estimate of drug-likeness (QED) is 0.911. The van der Waals surface area contributed by atoms with Gasteiger partial charge in [0.1, 0.15) is 0 Å². The van der Waals surface area contributed by atoms with Gasteiger partial charge in [-0.3, -0.25) is 9.78 Å². The molecule has 19 heavy (non-hydrogen) atoms. The monoisotopic (exact) mass is 251 g/mol. The first kappa shape index (κ1) is 12.8. The van der Waals surface area contributed by atoms with Crippen molar-refractivity contribution in [1.29, 1.82) is 5.26 Å². The molecule has 94 valence electrons. The number of nitrogens with zero attached hydrogens (tertiary/aromatic N) is 2. The first-order chi connectivity index (χ1) is 9.20. The van der Waals surface area contributed by atoms with Crippen molar-refractivity contribution in [2.75, 3.05) is 5.32 Å². The number of amides is 1. The lowest BCUT2D eigenvalue weighted by Crippen LogP contribution is -2.20. The number of aromatic nitrogens is 1. The third kappa shape index (κ3) is 3.17. The maximum Gasteiger partial charge on any atom is 0.246 e. The number of aryl methyl sites for hydroxylation is 1. The average Bonchev–Trinajstić information content (AvgIpc) is 2.41. The normalized spacial score (nSPS) is 11.4. The van der Waals surface area contributed by atoms with Gasteiger partial charge in [-0.15, -0.1) is 0 Å². The van der Waals surface area contributed by atoms with E-state index in [9.17, 15) is 4.79 Å². The highest BCUT2D eigenvalue weighted by molar-refractivity contribution is 5.97. The van der Waals surface area contributed by atoms with Gasteiger partial charge < -0.3 is 5.32 Å². The largest absolute Gasteiger partial charge is 0.325 e. The molecule has 0 saturated carbocycles. The Balaban J connectivity index is 2.17. The Labute approximate surface area is 111 Å². The highest BCUT2D eigenvalue weighted by atomic mass is 16.1. The minimum Gasteiger partial charge on any atom is -0.325 e. The number of nitrogens with one attached hydrogen (secondary N) is 1. The van der Waals surface area contributed by atoms with E-state index >= 15 is 0 Å². The molecular weight excluding hydrogens is 238 g/mol. The Hall–Kier alpha value is -2.67. The Kier molecular flexibility index (Phi) is 3.89. The van der Waals surface area contributed by atoms with Gasteiger partial charge in [0, 0.05) is 17.6 Å². The van der Waals surface area contributed by atoms with Crippen molar-refractivity contribution in [3.63, 3.8) is 0 Å². The second-order valence-electron chi connectivity index (χ2n) is 4.15. The number of rotatable bonds is 3. The van der Waals surface area contributed by atoms with Gasteiger partial charge >= 0.3 is 0 Å². The van der Waals surface area contributed by atoms with Crippen molar-refractivity contribution < 1.29 is 4.79 Å². The van der Waals surface area contributed by atoms with Crippen LogP contribution in [-0.2, 0) is 4.79 Å². The minimum atomic E-state index is -0.810. The predicted molar refractivity (Wildman–Crippen MR) is 72.4 cm³/mol. The topological polar surface area (TPSA) is 65.8 Å². The van der Waals surface area contributed by atoms with E-state index in [-0.39, 0.29) is 5.91 Å². The molecule has 1 aromatic heterocycles. The zero-order valence-electron chi connectivity index (χ0n) is 10.5. The molecule has 1 heterocycles. The Morgan fingerprint density at radius 3 is 2.68 bits per heavy atom. The molecular formula is C15H13N3O. The molecule has 1 atom stereocenters. The molecule has 0 aliphatic carbocycles. The number of nitriles is 1. The van der Waals surface area contributed by atoms with Crippen LogP contribution in [0.3, 0.4) is 0 Å². The van der Waals surface area contributed by atoms with Crippen LogP contribution < -0.4 is 5.32 Å². The summed E-state index contributed by atoms with van der Waals surface area (Å²) in [4.78, 5) is 16.2. The zero-order chi connectivity index (χ0) is 13.7. The predicted octanol–water partition coefficient (Wildman–Crippen LogP) is 2.64. The van der Waals surface area contributed by atoms with Crippen LogP contribution in [0.1, 0.15) is 17.2 Å². The third-order valence-electron chi connectivity index (χ3n) is 2.69. The molecule has 1 aromatic carbocycles. The summed E-state index contributed by atoms with van der Waals surface area (Å²) in [7, 11) is 0. The molecule has 2 aromatic rings. The van der Waals surface area contributed by atoms with Gasteiger partial charge in [-0.1, -0.05) is 30.3 Å². The van der Waals surface area contributed by atoms with Gasteiger partial charge in [0.05, 0.1) is 6.07 Å². The second-order valence-corrected chi connectivity index (χ2v) is 4.15. The fraction of sp³-hybridized carbons (Fsp3) is 0.133. The minimum absolute atomic E-state index is 0.334. The number of carbonyl (C=O) groups excluding carboxylic acids is 1. The second kappa shape index (κ2) is 5.78. The molecule has 0 aliphatic heterocycles. The van der Waals surface area contributed by atoms with Crippen LogP contribution in [0.2, 0.25) is 0 Å². The van der Waals surface area contributed by atoms with Gasteiger partial charge in [-0.2, -0.15) is 5.26 Å². The molecule has 4 nitrogen and oxygen atoms in total. The molecule has 0 fully saturated rings. The molecule has 1 N–H and O–H groups in total. The fourth-order valence-corrected chi connectivity index (χ4v) is 1.77. The lowest BCUT2D eigenvalue weighted by atomic mass is 10.00. The van der Waals surface area contributed by atoms with Crippen LogP contribution in [0.25, 0.3) is 0 Å². The molecule has 0 spiro atoms. The zero-order valence-corrected chi connectivity index (χ0v) is 10.5. The summed E-state index contributed by atoms with van der Waals surface area (Å²) < 4.78 is 0. The van der Waals surface area contributed by atoms with Gasteiger partial charge in [-0.05, 0) is 24.6 Å². The molecule has 1 amide bonds. The van der Waals surface area contributed by atoms with E-state index < -0.39 is 5.92 Å². The summed E-state index contributed by atoms with van der Waals surface area (Å²) in [6.45, 7) is 1.84. The first-order valence-electron chi connectivity index (χ1n) is 5.89. The molecule has 0 bridgehead atoms. The van der Waals surface area contributed by atoms with E-state index in [2.05, 4.69) is 10.3 Å². The number of hydrogen-bond acceptors (Lipinski definition) is 3. The smallest absolute Gasteiger partial charge is 0.246 e. The number of hydrogen-bond donors (Lipinski definition) is 1. The van der Waals surface area contributed by atoms with Crippen LogP contribution in [0, 0.1) is 18.3 Å². The molecule has 1 unspecified atom stereocenters. The van der Waals surface area contributed by atoms with Crippen LogP contribution >= 0.6 is 0 Å². The fourth-order valence-electron chi connectivity index (χ4n) is 1.77. The molecule has 0 saturated heterocycles. The van der Waals surface area contributed by atoms with E-state index in [1.807, 2.05) is 31.2 Å². The highest BCUT2D eigenvalue weighted by Crippen LogP contribution is 2.17. The summed E-state index contributed by atoms with van der Waals surface area (Å²) >= 11 is 0. The first-order valence-corrected chi connectivity index (χ1v) is 5.89. The van der Waals surface area contributed by atoms with Crippen molar-refractivity contribution in [3.05, 3.63) is 59.9 Å². The van der Waals surface area contributed by atoms with Crippen molar-refractivity contribution in [1.82, 2.24) is 4.98 Å². The number of benzene rings is 1. The summed E-state index contributed by atoms with van der Waals surface area (Å²) in [6, 6.07) is 14.5. The van der Waals surface area contributed by atoms with Crippen LogP contribution in [0.15, 0.2) is 48.7 Å². The molecule has 2 rings (SSSR count). The number of carbonyl (C=O) groups is 1. The maximum absolute atomic E-state index is 12.1. The van der Waals surface area contributed by atoms with Gasteiger partial charge in [-0.25, -0.2) is 0 Å². The van der Waals surface area contributed by atoms with Crippen LogP contribution in [-0.4, -0.2) is 10.9 Å². The summed E-state index contributed by atoms with van der Waals surface area (Å²) in [5, 5.41) is 11.9. The van der Waals surface area contributed by atoms with Crippen LogP contribution in [0.5, 0.6) is 0 Å². The van der Waals surface area contributed by atoms with Gasteiger partial charge in [0.25, 0.3) is 0 Å². The van der Waals surface area contributed by atoms with Crippen molar-refractivity contribution in [2.24, 2.45) is 0 Å². The average molecular weight is 251 g/mol. The van der Waals surface area contributed by atoms with Crippen molar-refractivity contribution in [3.8, 4) is 6.07 Å². The van der Waals surface area contributed by atoms with E-state index in [0.29, 0.717) is 11.3 Å². The molecule has 0 radical (unpaired) electrons. The van der Waals surface area contributed by atoms with E-state index in [1.54, 1.807) is 30.5 Å². The van der Waals surface area contributed by atoms with E-state index in [1.165, 1.54) is 0 Å². The third-order valence-corrected chi connectivity index (χ3v) is 2.69. The Bertz CT molecular complexity index is 617. The Morgan fingerprint density at radius 1 is 1.32 bits per heavy atom. The summed E-state index contributed by atoms with van der Waals surface area (Å²) in [6.07, 6.45) is 1.62. The van der Waals surface area contributed by atoms with E-state index in [4.69, 9.17) is 5.26 Å². The maximum atomic E-state index is 12.1. The lowest BCUT2D eigenvalue weighted by molar-refractivity contribution is -0.116. The van der Waals surface area contributed by atoms with E-state index in [0.717, 1.165) is 5.69 Å². The van der Waals surface area contributed by atoms with Crippen molar-refractivity contribution in [2.45, 2.75) is 12.8 Å². The molecule has 0 aliphatic rings. The number of pyridine rings is 1. The van der Waals surface area contributed by atoms with Gasteiger partial charge in [0.15, 0.2) is 5.92 Å². The Morgan fingerprint density at radius 2 is 2.05 bits per heavy atom. The van der Waals surface area contributed by atoms with Gasteiger partial charge in [0.2, 0.25) is 5.91 Å². The lowest BCUT2D eigenvalue weighted by Gasteiger charge is -2.10. The SMILES string of the molecule is Cc1cc(NC(=O)C(C#N)c2ccccc2)ccn1. The highest BCUT2D eigenvalue weighted by Gasteiger charge is 2.19. The van der Waals surface area contributed by atoms with Crippen LogP contribution in [0.4, 0.5) is 5.69 Å². The standard InChI is InChI=1S/C15H13N3O/c1-11-9-13(7-8-17-11)18-15(19)14(10-16)12-5-3-2-4-6-12/h2-9,14H,1H3,(H,17,18,19). The summed E-state index contributed by atoms with van der Waals surface area (Å²) in [5.74, 6) is -1.14.